The molecule has 0 amide bonds. The minimum absolute atomic E-state index is 0.181. The van der Waals surface area contributed by atoms with E-state index in [1.807, 2.05) is 24.3 Å². The van der Waals surface area contributed by atoms with E-state index < -0.39 is 9.84 Å². The van der Waals surface area contributed by atoms with Gasteiger partial charge in [0.25, 0.3) is 0 Å². The Hall–Kier alpha value is -1.16. The Bertz CT molecular complexity index is 432. The highest BCUT2D eigenvalue weighted by Gasteiger charge is 2.02. The summed E-state index contributed by atoms with van der Waals surface area (Å²) in [4.78, 5) is 10.2. The van der Waals surface area contributed by atoms with Gasteiger partial charge >= 0.3 is 0 Å². The quantitative estimate of drug-likeness (QED) is 0.706. The average molecular weight is 240 g/mol. The molecule has 4 heteroatoms. The first-order chi connectivity index (χ1) is 7.51. The van der Waals surface area contributed by atoms with Crippen molar-refractivity contribution in [2.45, 2.75) is 19.3 Å². The first-order valence-electron chi connectivity index (χ1n) is 5.20. The molecule has 88 valence electrons. The highest BCUT2D eigenvalue weighted by atomic mass is 32.2. The van der Waals surface area contributed by atoms with Crippen molar-refractivity contribution in [1.29, 1.82) is 0 Å². The number of benzene rings is 1. The third kappa shape index (κ3) is 5.07. The second-order valence-corrected chi connectivity index (χ2v) is 6.16. The first-order valence-corrected chi connectivity index (χ1v) is 7.26. The summed E-state index contributed by atoms with van der Waals surface area (Å²) in [5.41, 5.74) is 2.12. The minimum atomic E-state index is -2.89. The molecular formula is C12H16O3S. The molecule has 0 aliphatic carbocycles. The molecule has 0 fully saturated rings. The fourth-order valence-electron chi connectivity index (χ4n) is 1.40. The van der Waals surface area contributed by atoms with Gasteiger partial charge in [-0.25, -0.2) is 8.42 Å². The predicted molar refractivity (Wildman–Crippen MR) is 64.2 cm³/mol. The molecule has 1 aromatic rings. The molecule has 0 saturated heterocycles. The Kier molecular flexibility index (Phi) is 4.68. The number of sulfone groups is 1. The van der Waals surface area contributed by atoms with Crippen LogP contribution in [0.15, 0.2) is 24.3 Å². The summed E-state index contributed by atoms with van der Waals surface area (Å²) in [6.45, 7) is 0. The highest BCUT2D eigenvalue weighted by Crippen LogP contribution is 2.07. The molecule has 0 aliphatic heterocycles. The first kappa shape index (κ1) is 12.9. The van der Waals surface area contributed by atoms with Crippen molar-refractivity contribution in [1.82, 2.24) is 0 Å². The van der Waals surface area contributed by atoms with Crippen molar-refractivity contribution in [3.05, 3.63) is 35.4 Å². The Labute approximate surface area is 96.4 Å². The van der Waals surface area contributed by atoms with E-state index in [0.29, 0.717) is 12.8 Å². The summed E-state index contributed by atoms with van der Waals surface area (Å²) >= 11 is 0. The summed E-state index contributed by atoms with van der Waals surface area (Å²) in [6.07, 6.45) is 3.97. The molecule has 0 aromatic heterocycles. The van der Waals surface area contributed by atoms with Gasteiger partial charge in [-0.15, -0.1) is 0 Å². The maximum absolute atomic E-state index is 11.0. The standard InChI is InChI=1S/C12H16O3S/c1-16(14,15)10-8-12-6-4-11(5-7-12)3-2-9-13/h4-7,9H,2-3,8,10H2,1H3. The number of aldehydes is 1. The van der Waals surface area contributed by atoms with Gasteiger partial charge in [-0.1, -0.05) is 24.3 Å². The fraction of sp³-hybridized carbons (Fsp3) is 0.417. The van der Waals surface area contributed by atoms with E-state index in [4.69, 9.17) is 0 Å². The summed E-state index contributed by atoms with van der Waals surface area (Å²) in [6, 6.07) is 7.73. The Morgan fingerprint density at radius 2 is 1.56 bits per heavy atom. The maximum atomic E-state index is 11.0. The molecule has 0 unspecified atom stereocenters. The van der Waals surface area contributed by atoms with Crippen LogP contribution in [0.25, 0.3) is 0 Å². The monoisotopic (exact) mass is 240 g/mol. The molecule has 0 spiro atoms. The van der Waals surface area contributed by atoms with Gasteiger partial charge in [0.2, 0.25) is 0 Å². The van der Waals surface area contributed by atoms with Gasteiger partial charge in [0.05, 0.1) is 5.75 Å². The van der Waals surface area contributed by atoms with E-state index in [2.05, 4.69) is 0 Å². The topological polar surface area (TPSA) is 51.2 Å². The lowest BCUT2D eigenvalue weighted by Gasteiger charge is -2.02. The van der Waals surface area contributed by atoms with Gasteiger partial charge in [-0.2, -0.15) is 0 Å². The number of hydrogen-bond donors (Lipinski definition) is 0. The molecule has 0 aliphatic rings. The summed E-state index contributed by atoms with van der Waals surface area (Å²) in [7, 11) is -2.89. The second kappa shape index (κ2) is 5.80. The average Bonchev–Trinajstić information content (AvgIpc) is 2.24. The lowest BCUT2D eigenvalue weighted by Crippen LogP contribution is -2.05. The van der Waals surface area contributed by atoms with Gasteiger partial charge in [0.15, 0.2) is 0 Å². The van der Waals surface area contributed by atoms with E-state index in [1.54, 1.807) is 0 Å². The zero-order chi connectivity index (χ0) is 12.0. The van der Waals surface area contributed by atoms with E-state index in [0.717, 1.165) is 23.8 Å². The molecule has 1 rings (SSSR count). The van der Waals surface area contributed by atoms with Gasteiger partial charge in [-0.3, -0.25) is 0 Å². The van der Waals surface area contributed by atoms with Crippen LogP contribution in [0.2, 0.25) is 0 Å². The van der Waals surface area contributed by atoms with Crippen molar-refractivity contribution >= 4 is 16.1 Å². The number of carbonyl (C=O) groups excluding carboxylic acids is 1. The molecule has 1 aromatic carbocycles. The predicted octanol–water partition coefficient (Wildman–Crippen LogP) is 1.41. The molecule has 16 heavy (non-hydrogen) atoms. The van der Waals surface area contributed by atoms with Crippen LogP contribution in [-0.2, 0) is 27.5 Å². The van der Waals surface area contributed by atoms with Gasteiger partial charge in [0.1, 0.15) is 16.1 Å². The molecule has 0 heterocycles. The molecule has 0 atom stereocenters. The SMILES string of the molecule is CS(=O)(=O)CCc1ccc(CCC=O)cc1. The third-order valence-electron chi connectivity index (χ3n) is 2.34. The number of aryl methyl sites for hydroxylation is 2. The number of carbonyl (C=O) groups is 1. The molecule has 0 saturated carbocycles. The van der Waals surface area contributed by atoms with Crippen LogP contribution in [0.1, 0.15) is 17.5 Å². The van der Waals surface area contributed by atoms with E-state index in [9.17, 15) is 13.2 Å². The van der Waals surface area contributed by atoms with Crippen LogP contribution in [0, 0.1) is 0 Å². The van der Waals surface area contributed by atoms with Crippen LogP contribution in [0.4, 0.5) is 0 Å². The number of hydrogen-bond acceptors (Lipinski definition) is 3. The largest absolute Gasteiger partial charge is 0.303 e. The van der Waals surface area contributed by atoms with Crippen molar-refractivity contribution in [2.24, 2.45) is 0 Å². The van der Waals surface area contributed by atoms with Crippen LogP contribution in [0.5, 0.6) is 0 Å². The van der Waals surface area contributed by atoms with Gasteiger partial charge < -0.3 is 4.79 Å². The molecule has 0 bridgehead atoms. The zero-order valence-corrected chi connectivity index (χ0v) is 10.2. The maximum Gasteiger partial charge on any atom is 0.147 e. The highest BCUT2D eigenvalue weighted by molar-refractivity contribution is 7.90. The van der Waals surface area contributed by atoms with Crippen LogP contribution in [-0.4, -0.2) is 26.7 Å². The molecule has 3 nitrogen and oxygen atoms in total. The van der Waals surface area contributed by atoms with E-state index in [-0.39, 0.29) is 5.75 Å². The molecular weight excluding hydrogens is 224 g/mol. The fourth-order valence-corrected chi connectivity index (χ4v) is 2.01. The van der Waals surface area contributed by atoms with Crippen LogP contribution < -0.4 is 0 Å². The van der Waals surface area contributed by atoms with Crippen molar-refractivity contribution in [3.63, 3.8) is 0 Å². The van der Waals surface area contributed by atoms with Crippen LogP contribution >= 0.6 is 0 Å². The van der Waals surface area contributed by atoms with Crippen molar-refractivity contribution in [3.8, 4) is 0 Å². The van der Waals surface area contributed by atoms with E-state index in [1.165, 1.54) is 6.26 Å². The smallest absolute Gasteiger partial charge is 0.147 e. The van der Waals surface area contributed by atoms with Gasteiger partial charge in [-0.05, 0) is 24.0 Å². The Balaban J connectivity index is 2.54. The lowest BCUT2D eigenvalue weighted by molar-refractivity contribution is -0.107. The third-order valence-corrected chi connectivity index (χ3v) is 3.28. The second-order valence-electron chi connectivity index (χ2n) is 3.90. The molecule has 0 radical (unpaired) electrons. The Morgan fingerprint density at radius 1 is 1.06 bits per heavy atom. The normalized spacial score (nSPS) is 11.3. The van der Waals surface area contributed by atoms with E-state index >= 15 is 0 Å². The van der Waals surface area contributed by atoms with Crippen molar-refractivity contribution < 1.29 is 13.2 Å². The zero-order valence-electron chi connectivity index (χ0n) is 9.35. The van der Waals surface area contributed by atoms with Crippen LogP contribution in [0.3, 0.4) is 0 Å². The van der Waals surface area contributed by atoms with Gasteiger partial charge in [0, 0.05) is 12.7 Å². The summed E-state index contributed by atoms with van der Waals surface area (Å²) in [5.74, 6) is 0.181. The number of rotatable bonds is 6. The Morgan fingerprint density at radius 3 is 2.00 bits per heavy atom. The molecule has 0 N–H and O–H groups in total. The minimum Gasteiger partial charge on any atom is -0.303 e. The lowest BCUT2D eigenvalue weighted by atomic mass is 10.1. The summed E-state index contributed by atoms with van der Waals surface area (Å²) in [5, 5.41) is 0. The van der Waals surface area contributed by atoms with Crippen molar-refractivity contribution in [2.75, 3.05) is 12.0 Å². The summed E-state index contributed by atoms with van der Waals surface area (Å²) < 4.78 is 21.9.